The van der Waals surface area contributed by atoms with Crippen molar-refractivity contribution in [1.29, 1.82) is 0 Å². The quantitative estimate of drug-likeness (QED) is 0.629. The number of hydrogen-bond acceptors (Lipinski definition) is 1. The van der Waals surface area contributed by atoms with Crippen LogP contribution in [0.15, 0.2) is 24.3 Å². The van der Waals surface area contributed by atoms with E-state index < -0.39 is 0 Å². The van der Waals surface area contributed by atoms with Gasteiger partial charge in [0.2, 0.25) is 0 Å². The van der Waals surface area contributed by atoms with Crippen LogP contribution in [-0.2, 0) is 10.5 Å². The molecule has 18 heavy (non-hydrogen) atoms. The second-order valence-electron chi connectivity index (χ2n) is 5.42. The SMILES string of the molecule is CCCCCC(C)(C)c1ccc(OCC[O])cc1. The van der Waals surface area contributed by atoms with E-state index in [2.05, 4.69) is 32.9 Å². The Labute approximate surface area is 111 Å². The molecule has 2 heteroatoms. The summed E-state index contributed by atoms with van der Waals surface area (Å²) in [4.78, 5) is 0. The lowest BCUT2D eigenvalue weighted by Crippen LogP contribution is -2.16. The Bertz CT molecular complexity index is 327. The van der Waals surface area contributed by atoms with Gasteiger partial charge in [-0.3, -0.25) is 0 Å². The van der Waals surface area contributed by atoms with Crippen molar-refractivity contribution in [2.24, 2.45) is 0 Å². The first-order chi connectivity index (χ1) is 8.60. The molecule has 1 rings (SSSR count). The summed E-state index contributed by atoms with van der Waals surface area (Å²) in [7, 11) is 0. The molecule has 0 fully saturated rings. The zero-order chi connectivity index (χ0) is 13.4. The van der Waals surface area contributed by atoms with Crippen molar-refractivity contribution in [1.82, 2.24) is 0 Å². The molecule has 0 N–H and O–H groups in total. The van der Waals surface area contributed by atoms with Crippen molar-refractivity contribution in [3.05, 3.63) is 29.8 Å². The lowest BCUT2D eigenvalue weighted by molar-refractivity contribution is 0.138. The van der Waals surface area contributed by atoms with Gasteiger partial charge in [-0.2, -0.15) is 0 Å². The fourth-order valence-corrected chi connectivity index (χ4v) is 2.12. The highest BCUT2D eigenvalue weighted by Crippen LogP contribution is 2.30. The van der Waals surface area contributed by atoms with Gasteiger partial charge in [0.15, 0.2) is 0 Å². The van der Waals surface area contributed by atoms with Crippen molar-refractivity contribution >= 4 is 0 Å². The smallest absolute Gasteiger partial charge is 0.119 e. The van der Waals surface area contributed by atoms with Gasteiger partial charge in [0.05, 0.1) is 0 Å². The van der Waals surface area contributed by atoms with E-state index in [1.807, 2.05) is 12.1 Å². The zero-order valence-electron chi connectivity index (χ0n) is 11.9. The summed E-state index contributed by atoms with van der Waals surface area (Å²) in [6.45, 7) is 6.87. The fourth-order valence-electron chi connectivity index (χ4n) is 2.12. The molecule has 0 unspecified atom stereocenters. The number of benzene rings is 1. The number of unbranched alkanes of at least 4 members (excludes halogenated alkanes) is 2. The van der Waals surface area contributed by atoms with Gasteiger partial charge >= 0.3 is 0 Å². The number of hydrogen-bond donors (Lipinski definition) is 0. The molecule has 0 aromatic heterocycles. The first-order valence-corrected chi connectivity index (χ1v) is 6.91. The first-order valence-electron chi connectivity index (χ1n) is 6.91. The molecule has 0 heterocycles. The second-order valence-corrected chi connectivity index (χ2v) is 5.42. The third-order valence-corrected chi connectivity index (χ3v) is 3.39. The van der Waals surface area contributed by atoms with Gasteiger partial charge in [0.25, 0.3) is 0 Å². The molecule has 0 amide bonds. The van der Waals surface area contributed by atoms with E-state index in [4.69, 9.17) is 4.74 Å². The van der Waals surface area contributed by atoms with E-state index in [1.165, 1.54) is 31.2 Å². The fraction of sp³-hybridized carbons (Fsp3) is 0.625. The van der Waals surface area contributed by atoms with Gasteiger partial charge in [-0.05, 0) is 29.5 Å². The van der Waals surface area contributed by atoms with E-state index in [1.54, 1.807) is 0 Å². The molecule has 1 aromatic rings. The molecule has 1 aromatic carbocycles. The van der Waals surface area contributed by atoms with Crippen LogP contribution in [0.25, 0.3) is 0 Å². The van der Waals surface area contributed by atoms with Crippen LogP contribution in [0.2, 0.25) is 0 Å². The molecule has 0 saturated carbocycles. The van der Waals surface area contributed by atoms with Crippen LogP contribution < -0.4 is 4.74 Å². The van der Waals surface area contributed by atoms with Crippen LogP contribution in [0, 0.1) is 0 Å². The standard InChI is InChI=1S/C16H25O2/c1-4-5-6-11-16(2,3)14-7-9-15(10-8-14)18-13-12-17/h7-10H,4-6,11-13H2,1-3H3. The number of ether oxygens (including phenoxy) is 1. The van der Waals surface area contributed by atoms with Crippen molar-refractivity contribution in [2.75, 3.05) is 13.2 Å². The van der Waals surface area contributed by atoms with Gasteiger partial charge in [-0.1, -0.05) is 52.2 Å². The third-order valence-electron chi connectivity index (χ3n) is 3.39. The van der Waals surface area contributed by atoms with E-state index >= 15 is 0 Å². The Morgan fingerprint density at radius 1 is 1.11 bits per heavy atom. The molecule has 0 aliphatic rings. The summed E-state index contributed by atoms with van der Waals surface area (Å²) in [6, 6.07) is 8.16. The largest absolute Gasteiger partial charge is 0.491 e. The van der Waals surface area contributed by atoms with Crippen molar-refractivity contribution in [3.63, 3.8) is 0 Å². The van der Waals surface area contributed by atoms with Crippen molar-refractivity contribution < 1.29 is 9.84 Å². The third kappa shape index (κ3) is 4.69. The van der Waals surface area contributed by atoms with Crippen LogP contribution in [0.3, 0.4) is 0 Å². The molecular weight excluding hydrogens is 224 g/mol. The molecule has 0 aliphatic carbocycles. The molecule has 0 bridgehead atoms. The Hall–Kier alpha value is -1.02. The Kier molecular flexibility index (Phi) is 6.20. The van der Waals surface area contributed by atoms with Gasteiger partial charge < -0.3 is 4.74 Å². The molecule has 2 nitrogen and oxygen atoms in total. The number of rotatable bonds is 8. The van der Waals surface area contributed by atoms with Gasteiger partial charge in [0.1, 0.15) is 19.0 Å². The minimum Gasteiger partial charge on any atom is -0.491 e. The molecular formula is C16H25O2. The van der Waals surface area contributed by atoms with E-state index in [9.17, 15) is 5.11 Å². The maximum Gasteiger partial charge on any atom is 0.119 e. The molecule has 0 atom stereocenters. The van der Waals surface area contributed by atoms with Crippen LogP contribution in [-0.4, -0.2) is 13.2 Å². The molecule has 0 saturated heterocycles. The lowest BCUT2D eigenvalue weighted by atomic mass is 9.80. The highest BCUT2D eigenvalue weighted by Gasteiger charge is 2.19. The van der Waals surface area contributed by atoms with E-state index in [-0.39, 0.29) is 18.6 Å². The Morgan fingerprint density at radius 3 is 2.33 bits per heavy atom. The zero-order valence-corrected chi connectivity index (χ0v) is 11.9. The van der Waals surface area contributed by atoms with E-state index in [0.717, 1.165) is 5.75 Å². The Morgan fingerprint density at radius 2 is 1.78 bits per heavy atom. The highest BCUT2D eigenvalue weighted by molar-refractivity contribution is 5.31. The average Bonchev–Trinajstić information content (AvgIpc) is 2.37. The van der Waals surface area contributed by atoms with Gasteiger partial charge in [0, 0.05) is 0 Å². The van der Waals surface area contributed by atoms with Crippen LogP contribution >= 0.6 is 0 Å². The molecule has 0 aliphatic heterocycles. The monoisotopic (exact) mass is 249 g/mol. The summed E-state index contributed by atoms with van der Waals surface area (Å²) < 4.78 is 5.31. The van der Waals surface area contributed by atoms with Crippen molar-refractivity contribution in [3.8, 4) is 5.75 Å². The minimum atomic E-state index is -0.190. The van der Waals surface area contributed by atoms with Crippen molar-refractivity contribution in [2.45, 2.75) is 51.9 Å². The predicted octanol–water partition coefficient (Wildman–Crippen LogP) is 4.35. The van der Waals surface area contributed by atoms with E-state index in [0.29, 0.717) is 0 Å². The lowest BCUT2D eigenvalue weighted by Gasteiger charge is -2.25. The first kappa shape index (κ1) is 15.0. The normalized spacial score (nSPS) is 11.6. The molecule has 0 spiro atoms. The summed E-state index contributed by atoms with van der Waals surface area (Å²) >= 11 is 0. The maximum atomic E-state index is 10.4. The summed E-state index contributed by atoms with van der Waals surface area (Å²) in [5, 5.41) is 10.4. The topological polar surface area (TPSA) is 29.1 Å². The average molecular weight is 249 g/mol. The highest BCUT2D eigenvalue weighted by atomic mass is 16.5. The van der Waals surface area contributed by atoms with Crippen LogP contribution in [0.1, 0.15) is 52.0 Å². The summed E-state index contributed by atoms with van der Waals surface area (Å²) in [6.07, 6.45) is 5.05. The maximum absolute atomic E-state index is 10.4. The summed E-state index contributed by atoms with van der Waals surface area (Å²) in [5.74, 6) is 0.791. The van der Waals surface area contributed by atoms with Gasteiger partial charge in [-0.25, -0.2) is 5.11 Å². The Balaban J connectivity index is 2.59. The minimum absolute atomic E-state index is 0.190. The molecule has 1 radical (unpaired) electrons. The summed E-state index contributed by atoms with van der Waals surface area (Å²) in [5.41, 5.74) is 1.56. The van der Waals surface area contributed by atoms with Gasteiger partial charge in [-0.15, -0.1) is 0 Å². The van der Waals surface area contributed by atoms with Crippen LogP contribution in [0.5, 0.6) is 5.75 Å². The molecule has 101 valence electrons. The van der Waals surface area contributed by atoms with Crippen LogP contribution in [0.4, 0.5) is 0 Å². The predicted molar refractivity (Wildman–Crippen MR) is 74.7 cm³/mol. The second kappa shape index (κ2) is 7.42.